The van der Waals surface area contributed by atoms with Gasteiger partial charge in [0.1, 0.15) is 0 Å². The molecule has 1 aliphatic carbocycles. The van der Waals surface area contributed by atoms with E-state index in [9.17, 15) is 20.0 Å². The van der Waals surface area contributed by atoms with Gasteiger partial charge in [0, 0.05) is 34.4 Å². The molecule has 1 spiro atoms. The van der Waals surface area contributed by atoms with Crippen LogP contribution in [0.1, 0.15) is 52.0 Å². The Hall–Kier alpha value is -1.76. The molecule has 0 atom stereocenters. The summed E-state index contributed by atoms with van der Waals surface area (Å²) in [6.07, 6.45) is 3.17. The minimum absolute atomic E-state index is 0.0704. The van der Waals surface area contributed by atoms with Crippen LogP contribution in [0.25, 0.3) is 0 Å². The zero-order valence-corrected chi connectivity index (χ0v) is 17.3. The van der Waals surface area contributed by atoms with E-state index in [1.165, 1.54) is 4.90 Å². The van der Waals surface area contributed by atoms with Crippen molar-refractivity contribution < 1.29 is 14.8 Å². The standard InChI is InChI=1S/C20H28N2O4S/c1-14-11-15(5-6-16(14)22(25)26)27-20(18(2,3)4)12-19(13-20)7-9-21(10-8-19)17(23)24/h5-6,11H,7-10,12-13H2,1-4H3,(H,23,24). The monoisotopic (exact) mass is 392 g/mol. The Kier molecular flexibility index (Phi) is 4.95. The molecule has 148 valence electrons. The van der Waals surface area contributed by atoms with Crippen LogP contribution in [0.3, 0.4) is 0 Å². The van der Waals surface area contributed by atoms with Gasteiger partial charge in [-0.25, -0.2) is 4.79 Å². The summed E-state index contributed by atoms with van der Waals surface area (Å²) in [6.45, 7) is 9.82. The molecular weight excluding hydrogens is 364 g/mol. The summed E-state index contributed by atoms with van der Waals surface area (Å²) in [7, 11) is 0. The van der Waals surface area contributed by atoms with Crippen molar-refractivity contribution in [1.82, 2.24) is 4.90 Å². The predicted octanol–water partition coefficient (Wildman–Crippen LogP) is 5.33. The summed E-state index contributed by atoms with van der Waals surface area (Å²) in [6, 6.07) is 5.39. The van der Waals surface area contributed by atoms with Gasteiger partial charge in [0.2, 0.25) is 0 Å². The van der Waals surface area contributed by atoms with Crippen molar-refractivity contribution in [2.45, 2.75) is 63.0 Å². The Labute approximate surface area is 164 Å². The first-order valence-corrected chi connectivity index (χ1v) is 10.2. The van der Waals surface area contributed by atoms with Gasteiger partial charge in [-0.2, -0.15) is 0 Å². The van der Waals surface area contributed by atoms with Crippen molar-refractivity contribution in [2.24, 2.45) is 10.8 Å². The van der Waals surface area contributed by atoms with Gasteiger partial charge >= 0.3 is 6.09 Å². The minimum atomic E-state index is -0.818. The highest BCUT2D eigenvalue weighted by Gasteiger charge is 2.60. The van der Waals surface area contributed by atoms with Crippen molar-refractivity contribution in [3.05, 3.63) is 33.9 Å². The lowest BCUT2D eigenvalue weighted by Crippen LogP contribution is -2.60. The van der Waals surface area contributed by atoms with Crippen LogP contribution in [-0.2, 0) is 0 Å². The summed E-state index contributed by atoms with van der Waals surface area (Å²) >= 11 is 1.84. The largest absolute Gasteiger partial charge is 0.465 e. The van der Waals surface area contributed by atoms with E-state index < -0.39 is 6.09 Å². The highest BCUT2D eigenvalue weighted by atomic mass is 32.2. The number of nitro groups is 1. The van der Waals surface area contributed by atoms with E-state index in [4.69, 9.17) is 0 Å². The van der Waals surface area contributed by atoms with Crippen molar-refractivity contribution in [3.63, 3.8) is 0 Å². The lowest BCUT2D eigenvalue weighted by molar-refractivity contribution is -0.385. The third kappa shape index (κ3) is 3.66. The fourth-order valence-electron chi connectivity index (χ4n) is 4.56. The fourth-order valence-corrected chi connectivity index (χ4v) is 6.45. The molecule has 27 heavy (non-hydrogen) atoms. The molecule has 1 aliphatic heterocycles. The van der Waals surface area contributed by atoms with Gasteiger partial charge in [-0.3, -0.25) is 10.1 Å². The number of likely N-dealkylation sites (tertiary alicyclic amines) is 1. The maximum Gasteiger partial charge on any atom is 0.407 e. The summed E-state index contributed by atoms with van der Waals surface area (Å²) < 4.78 is 0.0704. The van der Waals surface area contributed by atoms with Crippen LogP contribution in [0, 0.1) is 27.9 Å². The number of carboxylic acid groups (broad SMARTS) is 1. The molecule has 0 bridgehead atoms. The molecule has 2 fully saturated rings. The Balaban J connectivity index is 1.77. The Morgan fingerprint density at radius 1 is 1.26 bits per heavy atom. The molecule has 0 unspecified atom stereocenters. The number of nitrogens with zero attached hydrogens (tertiary/aromatic N) is 2. The van der Waals surface area contributed by atoms with Crippen molar-refractivity contribution in [1.29, 1.82) is 0 Å². The normalized spacial score (nSPS) is 21.0. The molecule has 1 saturated heterocycles. The molecule has 1 aromatic rings. The van der Waals surface area contributed by atoms with Gasteiger partial charge in [0.25, 0.3) is 5.69 Å². The molecule has 6 nitrogen and oxygen atoms in total. The quantitative estimate of drug-likeness (QED) is 0.555. The average Bonchev–Trinajstić information content (AvgIpc) is 2.52. The second-order valence-corrected chi connectivity index (χ2v) is 10.6. The molecule has 3 rings (SSSR count). The van der Waals surface area contributed by atoms with E-state index in [1.807, 2.05) is 23.9 Å². The second kappa shape index (κ2) is 6.69. The first-order valence-electron chi connectivity index (χ1n) is 9.39. The summed E-state index contributed by atoms with van der Waals surface area (Å²) in [5.41, 5.74) is 1.18. The molecule has 1 amide bonds. The molecule has 1 aromatic carbocycles. The van der Waals surface area contributed by atoms with Gasteiger partial charge in [0.05, 0.1) is 4.92 Å². The van der Waals surface area contributed by atoms with Crippen LogP contribution in [0.4, 0.5) is 10.5 Å². The third-order valence-electron chi connectivity index (χ3n) is 6.46. The molecule has 0 radical (unpaired) electrons. The second-order valence-electron chi connectivity index (χ2n) is 9.17. The topological polar surface area (TPSA) is 83.7 Å². The van der Waals surface area contributed by atoms with Gasteiger partial charge in [-0.05, 0) is 55.6 Å². The van der Waals surface area contributed by atoms with Crippen molar-refractivity contribution in [3.8, 4) is 0 Å². The molecule has 0 aromatic heterocycles. The van der Waals surface area contributed by atoms with Crippen LogP contribution >= 0.6 is 11.8 Å². The Morgan fingerprint density at radius 3 is 2.30 bits per heavy atom. The van der Waals surface area contributed by atoms with Gasteiger partial charge in [0.15, 0.2) is 0 Å². The zero-order chi connectivity index (χ0) is 20.0. The van der Waals surface area contributed by atoms with E-state index >= 15 is 0 Å². The number of piperidine rings is 1. The number of benzene rings is 1. The van der Waals surface area contributed by atoms with Crippen LogP contribution in [0.5, 0.6) is 0 Å². The maximum atomic E-state index is 11.2. The van der Waals surface area contributed by atoms with Gasteiger partial charge < -0.3 is 10.0 Å². The fraction of sp³-hybridized carbons (Fsp3) is 0.650. The molecule has 7 heteroatoms. The summed E-state index contributed by atoms with van der Waals surface area (Å²) in [5.74, 6) is 0. The smallest absolute Gasteiger partial charge is 0.407 e. The van der Waals surface area contributed by atoms with Crippen LogP contribution in [-0.4, -0.2) is 38.9 Å². The molecule has 1 N–H and O–H groups in total. The number of thioether (sulfide) groups is 1. The number of hydrogen-bond acceptors (Lipinski definition) is 4. The van der Waals surface area contributed by atoms with E-state index in [2.05, 4.69) is 20.8 Å². The predicted molar refractivity (Wildman–Crippen MR) is 106 cm³/mol. The van der Waals surface area contributed by atoms with Crippen LogP contribution in [0.2, 0.25) is 0 Å². The average molecular weight is 393 g/mol. The maximum absolute atomic E-state index is 11.2. The van der Waals surface area contributed by atoms with Crippen LogP contribution < -0.4 is 0 Å². The minimum Gasteiger partial charge on any atom is -0.465 e. The molecular formula is C20H28N2O4S. The first kappa shape index (κ1) is 20.0. The summed E-state index contributed by atoms with van der Waals surface area (Å²) in [5, 5.41) is 20.3. The number of amides is 1. The zero-order valence-electron chi connectivity index (χ0n) is 16.4. The van der Waals surface area contributed by atoms with E-state index in [1.54, 1.807) is 13.0 Å². The van der Waals surface area contributed by atoms with Gasteiger partial charge in [-0.15, -0.1) is 11.8 Å². The number of nitro benzene ring substituents is 1. The molecule has 1 heterocycles. The molecule has 1 saturated carbocycles. The number of rotatable bonds is 3. The number of hydrogen-bond donors (Lipinski definition) is 1. The highest BCUT2D eigenvalue weighted by Crippen LogP contribution is 2.67. The third-order valence-corrected chi connectivity index (χ3v) is 8.24. The molecule has 2 aliphatic rings. The highest BCUT2D eigenvalue weighted by molar-refractivity contribution is 8.00. The van der Waals surface area contributed by atoms with Gasteiger partial charge in [-0.1, -0.05) is 20.8 Å². The lowest BCUT2D eigenvalue weighted by atomic mass is 9.51. The Bertz CT molecular complexity index is 756. The van der Waals surface area contributed by atoms with Crippen molar-refractivity contribution >= 4 is 23.5 Å². The van der Waals surface area contributed by atoms with E-state index in [0.29, 0.717) is 18.7 Å². The SMILES string of the molecule is Cc1cc(SC2(C(C)(C)C)CC3(CCN(C(=O)O)CC3)C2)ccc1[N+](=O)[O-]. The first-order chi connectivity index (χ1) is 12.5. The van der Waals surface area contributed by atoms with E-state index in [-0.39, 0.29) is 26.2 Å². The van der Waals surface area contributed by atoms with E-state index in [0.717, 1.165) is 30.6 Å². The van der Waals surface area contributed by atoms with Crippen molar-refractivity contribution in [2.75, 3.05) is 13.1 Å². The van der Waals surface area contributed by atoms with Crippen LogP contribution in [0.15, 0.2) is 23.1 Å². The number of carbonyl (C=O) groups is 1. The lowest BCUT2D eigenvalue weighted by Gasteiger charge is -2.63. The number of aryl methyl sites for hydroxylation is 1. The Morgan fingerprint density at radius 2 is 1.85 bits per heavy atom. The summed E-state index contributed by atoms with van der Waals surface area (Å²) in [4.78, 5) is 24.5.